The molecule has 0 saturated carbocycles. The zero-order chi connectivity index (χ0) is 20.9. The number of hydrogen-bond acceptors (Lipinski definition) is 7. The Balaban J connectivity index is 1.60. The SMILES string of the molecule is Cc1nc(NCCNS(=O)(=O)c2cccc(Cl)c2C)cc(Nc2ccccn2)n1. The lowest BCUT2D eigenvalue weighted by Gasteiger charge is -2.12. The van der Waals surface area contributed by atoms with Crippen molar-refractivity contribution in [3.05, 3.63) is 65.1 Å². The number of aryl methyl sites for hydroxylation is 1. The second-order valence-electron chi connectivity index (χ2n) is 6.21. The number of hydrogen-bond donors (Lipinski definition) is 3. The predicted octanol–water partition coefficient (Wildman–Crippen LogP) is 3.28. The number of rotatable bonds is 8. The molecule has 3 rings (SSSR count). The number of nitrogens with one attached hydrogen (secondary N) is 3. The lowest BCUT2D eigenvalue weighted by atomic mass is 10.2. The first kappa shape index (κ1) is 21.0. The molecule has 3 aromatic rings. The molecule has 10 heteroatoms. The van der Waals surface area contributed by atoms with Crippen LogP contribution in [0.5, 0.6) is 0 Å². The highest BCUT2D eigenvalue weighted by atomic mass is 35.5. The zero-order valence-corrected chi connectivity index (χ0v) is 17.5. The second-order valence-corrected chi connectivity index (χ2v) is 8.36. The molecule has 0 aliphatic heterocycles. The number of sulfonamides is 1. The quantitative estimate of drug-likeness (QED) is 0.468. The van der Waals surface area contributed by atoms with Crippen LogP contribution < -0.4 is 15.4 Å². The van der Waals surface area contributed by atoms with E-state index in [0.717, 1.165) is 0 Å². The van der Waals surface area contributed by atoms with Crippen molar-refractivity contribution in [3.63, 3.8) is 0 Å². The standard InChI is InChI=1S/C19H21ClN6O2S/c1-13-15(20)6-5-7-16(13)29(27,28)23-11-10-22-18-12-19(25-14(2)24-18)26-17-8-3-4-9-21-17/h3-9,12,23H,10-11H2,1-2H3,(H2,21,22,24,25,26). The second kappa shape index (κ2) is 9.17. The van der Waals surface area contributed by atoms with E-state index in [1.807, 2.05) is 18.2 Å². The Morgan fingerprint density at radius 2 is 1.76 bits per heavy atom. The van der Waals surface area contributed by atoms with Crippen molar-refractivity contribution in [2.75, 3.05) is 23.7 Å². The molecule has 0 radical (unpaired) electrons. The van der Waals surface area contributed by atoms with Crippen LogP contribution in [-0.2, 0) is 10.0 Å². The number of halogens is 1. The summed E-state index contributed by atoms with van der Waals surface area (Å²) in [6.07, 6.45) is 1.68. The van der Waals surface area contributed by atoms with Crippen LogP contribution in [-0.4, -0.2) is 36.5 Å². The highest BCUT2D eigenvalue weighted by Crippen LogP contribution is 2.22. The van der Waals surface area contributed by atoms with Crippen LogP contribution in [0.4, 0.5) is 17.5 Å². The Hall–Kier alpha value is -2.75. The topological polar surface area (TPSA) is 109 Å². The van der Waals surface area contributed by atoms with Gasteiger partial charge >= 0.3 is 0 Å². The number of anilines is 3. The molecule has 0 spiro atoms. The lowest BCUT2D eigenvalue weighted by Crippen LogP contribution is -2.29. The van der Waals surface area contributed by atoms with Crippen LogP contribution in [0.25, 0.3) is 0 Å². The summed E-state index contributed by atoms with van der Waals surface area (Å²) in [4.78, 5) is 13.0. The Kier molecular flexibility index (Phi) is 6.63. The molecule has 0 saturated heterocycles. The molecule has 3 N–H and O–H groups in total. The van der Waals surface area contributed by atoms with Crippen molar-refractivity contribution < 1.29 is 8.42 Å². The summed E-state index contributed by atoms with van der Waals surface area (Å²) in [6.45, 7) is 3.98. The van der Waals surface area contributed by atoms with E-state index < -0.39 is 10.0 Å². The molecular weight excluding hydrogens is 412 g/mol. The third kappa shape index (κ3) is 5.63. The highest BCUT2D eigenvalue weighted by molar-refractivity contribution is 7.89. The van der Waals surface area contributed by atoms with Crippen molar-refractivity contribution in [1.82, 2.24) is 19.7 Å². The van der Waals surface area contributed by atoms with Gasteiger partial charge in [0, 0.05) is 30.4 Å². The number of benzene rings is 1. The fraction of sp³-hybridized carbons (Fsp3) is 0.211. The molecule has 152 valence electrons. The number of aromatic nitrogens is 3. The zero-order valence-electron chi connectivity index (χ0n) is 16.0. The number of pyridine rings is 1. The Morgan fingerprint density at radius 1 is 0.966 bits per heavy atom. The first-order valence-corrected chi connectivity index (χ1v) is 10.7. The van der Waals surface area contributed by atoms with E-state index in [0.29, 0.717) is 40.4 Å². The van der Waals surface area contributed by atoms with Gasteiger partial charge in [0.2, 0.25) is 10.0 Å². The van der Waals surface area contributed by atoms with Crippen LogP contribution in [0.15, 0.2) is 53.6 Å². The summed E-state index contributed by atoms with van der Waals surface area (Å²) in [6, 6.07) is 12.1. The van der Waals surface area contributed by atoms with Crippen LogP contribution in [0.1, 0.15) is 11.4 Å². The lowest BCUT2D eigenvalue weighted by molar-refractivity contribution is 0.582. The average molecular weight is 433 g/mol. The minimum Gasteiger partial charge on any atom is -0.369 e. The first-order chi connectivity index (χ1) is 13.8. The first-order valence-electron chi connectivity index (χ1n) is 8.87. The summed E-state index contributed by atoms with van der Waals surface area (Å²) in [5.41, 5.74) is 0.520. The van der Waals surface area contributed by atoms with Gasteiger partial charge in [-0.25, -0.2) is 28.1 Å². The molecule has 8 nitrogen and oxygen atoms in total. The molecule has 0 fully saturated rings. The van der Waals surface area contributed by atoms with Gasteiger partial charge in [-0.3, -0.25) is 0 Å². The van der Waals surface area contributed by atoms with Crippen LogP contribution in [0.2, 0.25) is 5.02 Å². The van der Waals surface area contributed by atoms with Crippen molar-refractivity contribution in [2.24, 2.45) is 0 Å². The molecule has 0 aliphatic carbocycles. The van der Waals surface area contributed by atoms with Gasteiger partial charge in [0.25, 0.3) is 0 Å². The molecule has 0 bridgehead atoms. The molecular formula is C19H21ClN6O2S. The van der Waals surface area contributed by atoms with E-state index in [1.54, 1.807) is 38.2 Å². The Labute approximate surface area is 174 Å². The van der Waals surface area contributed by atoms with Crippen LogP contribution in [0, 0.1) is 13.8 Å². The fourth-order valence-corrected chi connectivity index (χ4v) is 4.15. The predicted molar refractivity (Wildman–Crippen MR) is 114 cm³/mol. The molecule has 0 unspecified atom stereocenters. The van der Waals surface area contributed by atoms with Gasteiger partial charge in [0.05, 0.1) is 4.90 Å². The van der Waals surface area contributed by atoms with E-state index in [2.05, 4.69) is 30.3 Å². The maximum absolute atomic E-state index is 12.5. The van der Waals surface area contributed by atoms with Crippen molar-refractivity contribution >= 4 is 39.1 Å². The molecule has 0 amide bonds. The average Bonchev–Trinajstić information content (AvgIpc) is 2.68. The molecule has 1 aromatic carbocycles. The minimum atomic E-state index is -3.65. The van der Waals surface area contributed by atoms with Gasteiger partial charge in [-0.05, 0) is 43.7 Å². The minimum absolute atomic E-state index is 0.171. The summed E-state index contributed by atoms with van der Waals surface area (Å²) >= 11 is 6.02. The highest BCUT2D eigenvalue weighted by Gasteiger charge is 2.17. The summed E-state index contributed by atoms with van der Waals surface area (Å²) in [5, 5.41) is 6.62. The van der Waals surface area contributed by atoms with Gasteiger partial charge in [0.15, 0.2) is 0 Å². The Bertz CT molecular complexity index is 1090. The third-order valence-electron chi connectivity index (χ3n) is 3.99. The summed E-state index contributed by atoms with van der Waals surface area (Å²) in [5.74, 6) is 2.41. The molecule has 2 heterocycles. The maximum Gasteiger partial charge on any atom is 0.240 e. The fourth-order valence-electron chi connectivity index (χ4n) is 2.62. The third-order valence-corrected chi connectivity index (χ3v) is 6.00. The van der Waals surface area contributed by atoms with Gasteiger partial charge in [0.1, 0.15) is 23.3 Å². The van der Waals surface area contributed by atoms with Crippen molar-refractivity contribution in [3.8, 4) is 0 Å². The smallest absolute Gasteiger partial charge is 0.240 e. The van der Waals surface area contributed by atoms with Gasteiger partial charge < -0.3 is 10.6 Å². The van der Waals surface area contributed by atoms with Crippen LogP contribution >= 0.6 is 11.6 Å². The van der Waals surface area contributed by atoms with Gasteiger partial charge in [-0.1, -0.05) is 23.7 Å². The molecule has 0 atom stereocenters. The molecule has 0 aliphatic rings. The van der Waals surface area contributed by atoms with Gasteiger partial charge in [-0.15, -0.1) is 0 Å². The molecule has 2 aromatic heterocycles. The van der Waals surface area contributed by atoms with Gasteiger partial charge in [-0.2, -0.15) is 0 Å². The van der Waals surface area contributed by atoms with E-state index in [9.17, 15) is 8.42 Å². The summed E-state index contributed by atoms with van der Waals surface area (Å²) < 4.78 is 27.5. The normalized spacial score (nSPS) is 11.3. The summed E-state index contributed by atoms with van der Waals surface area (Å²) in [7, 11) is -3.65. The Morgan fingerprint density at radius 3 is 2.52 bits per heavy atom. The van der Waals surface area contributed by atoms with E-state index >= 15 is 0 Å². The molecule has 29 heavy (non-hydrogen) atoms. The maximum atomic E-state index is 12.5. The van der Waals surface area contributed by atoms with E-state index in [1.165, 1.54) is 6.07 Å². The largest absolute Gasteiger partial charge is 0.369 e. The van der Waals surface area contributed by atoms with E-state index in [-0.39, 0.29) is 11.4 Å². The van der Waals surface area contributed by atoms with Crippen molar-refractivity contribution in [1.29, 1.82) is 0 Å². The van der Waals surface area contributed by atoms with Crippen molar-refractivity contribution in [2.45, 2.75) is 18.7 Å². The number of nitrogens with zero attached hydrogens (tertiary/aromatic N) is 3. The monoisotopic (exact) mass is 432 g/mol. The van der Waals surface area contributed by atoms with E-state index in [4.69, 9.17) is 11.6 Å². The van der Waals surface area contributed by atoms with Crippen LogP contribution in [0.3, 0.4) is 0 Å².